The van der Waals surface area contributed by atoms with Crippen molar-refractivity contribution in [2.75, 3.05) is 33.2 Å². The lowest BCUT2D eigenvalue weighted by atomic mass is 10.1. The maximum absolute atomic E-state index is 11.1. The van der Waals surface area contributed by atoms with Crippen molar-refractivity contribution in [2.24, 2.45) is 5.73 Å². The predicted molar refractivity (Wildman–Crippen MR) is 66.6 cm³/mol. The van der Waals surface area contributed by atoms with Gasteiger partial charge in [-0.3, -0.25) is 9.69 Å². The third-order valence-electron chi connectivity index (χ3n) is 3.14. The fourth-order valence-electron chi connectivity index (χ4n) is 2.01. The van der Waals surface area contributed by atoms with Gasteiger partial charge in [0.25, 0.3) is 0 Å². The molecule has 0 saturated carbocycles. The van der Waals surface area contributed by atoms with E-state index >= 15 is 0 Å². The number of nitrogens with two attached hydrogens (primary N) is 1. The van der Waals surface area contributed by atoms with E-state index in [1.807, 2.05) is 6.07 Å². The van der Waals surface area contributed by atoms with E-state index in [2.05, 4.69) is 22.9 Å². The Kier molecular flexibility index (Phi) is 3.76. The highest BCUT2D eigenvalue weighted by atomic mass is 16.1. The lowest BCUT2D eigenvalue weighted by molar-refractivity contribution is 0.1000. The van der Waals surface area contributed by atoms with Gasteiger partial charge in [-0.05, 0) is 30.8 Å². The van der Waals surface area contributed by atoms with Gasteiger partial charge in [0.15, 0.2) is 0 Å². The molecule has 1 saturated heterocycles. The molecular formula is C13H18N3O. The van der Waals surface area contributed by atoms with Gasteiger partial charge >= 0.3 is 0 Å². The van der Waals surface area contributed by atoms with Crippen molar-refractivity contribution in [1.29, 1.82) is 0 Å². The zero-order chi connectivity index (χ0) is 12.3. The van der Waals surface area contributed by atoms with Crippen LogP contribution >= 0.6 is 0 Å². The topological polar surface area (TPSA) is 49.6 Å². The smallest absolute Gasteiger partial charge is 0.248 e. The SMILES string of the molecule is CN1CCN(Cc2[c]ccc(C(N)=O)c2)CC1. The first-order valence-electron chi connectivity index (χ1n) is 5.86. The minimum Gasteiger partial charge on any atom is -0.366 e. The minimum absolute atomic E-state index is 0.376. The summed E-state index contributed by atoms with van der Waals surface area (Å²) >= 11 is 0. The van der Waals surface area contributed by atoms with Gasteiger partial charge in [0, 0.05) is 38.3 Å². The summed E-state index contributed by atoms with van der Waals surface area (Å²) in [5, 5.41) is 0. The van der Waals surface area contributed by atoms with Gasteiger partial charge in [-0.15, -0.1) is 0 Å². The summed E-state index contributed by atoms with van der Waals surface area (Å²) in [6, 6.07) is 8.47. The Labute approximate surface area is 102 Å². The van der Waals surface area contributed by atoms with Gasteiger partial charge in [0.1, 0.15) is 0 Å². The Morgan fingerprint density at radius 1 is 1.41 bits per heavy atom. The summed E-state index contributed by atoms with van der Waals surface area (Å²) in [5.41, 5.74) is 6.86. The van der Waals surface area contributed by atoms with Crippen LogP contribution in [0.1, 0.15) is 15.9 Å². The van der Waals surface area contributed by atoms with E-state index < -0.39 is 0 Å². The molecule has 1 aromatic carbocycles. The zero-order valence-corrected chi connectivity index (χ0v) is 10.1. The van der Waals surface area contributed by atoms with E-state index in [0.717, 1.165) is 38.3 Å². The third kappa shape index (κ3) is 3.28. The lowest BCUT2D eigenvalue weighted by Crippen LogP contribution is -2.43. The number of amides is 1. The highest BCUT2D eigenvalue weighted by Gasteiger charge is 2.14. The van der Waals surface area contributed by atoms with Crippen molar-refractivity contribution in [3.63, 3.8) is 0 Å². The summed E-state index contributed by atoms with van der Waals surface area (Å²) in [5.74, 6) is -0.376. The second kappa shape index (κ2) is 5.29. The summed E-state index contributed by atoms with van der Waals surface area (Å²) < 4.78 is 0. The molecule has 4 nitrogen and oxygen atoms in total. The van der Waals surface area contributed by atoms with Crippen LogP contribution < -0.4 is 5.73 Å². The number of hydrogen-bond donors (Lipinski definition) is 1. The molecule has 17 heavy (non-hydrogen) atoms. The maximum atomic E-state index is 11.1. The van der Waals surface area contributed by atoms with Gasteiger partial charge in [-0.2, -0.15) is 0 Å². The van der Waals surface area contributed by atoms with Crippen molar-refractivity contribution in [1.82, 2.24) is 9.80 Å². The standard InChI is InChI=1S/C13H18N3O/c1-15-5-7-16(8-6-15)10-11-3-2-4-12(9-11)13(14)17/h2,4,9H,5-8,10H2,1H3,(H2,14,17). The largest absolute Gasteiger partial charge is 0.366 e. The molecule has 0 atom stereocenters. The summed E-state index contributed by atoms with van der Waals surface area (Å²) in [6.07, 6.45) is 0. The Morgan fingerprint density at radius 2 is 2.12 bits per heavy atom. The van der Waals surface area contributed by atoms with Crippen LogP contribution in [0.4, 0.5) is 0 Å². The molecule has 1 fully saturated rings. The number of benzene rings is 1. The van der Waals surface area contributed by atoms with Gasteiger partial charge in [0.05, 0.1) is 0 Å². The molecule has 2 N–H and O–H groups in total. The number of rotatable bonds is 3. The molecule has 0 bridgehead atoms. The van der Waals surface area contributed by atoms with Crippen LogP contribution in [0.2, 0.25) is 0 Å². The Balaban J connectivity index is 1.98. The molecule has 4 heteroatoms. The highest BCUT2D eigenvalue weighted by molar-refractivity contribution is 5.92. The van der Waals surface area contributed by atoms with Crippen LogP contribution in [-0.4, -0.2) is 48.9 Å². The summed E-state index contributed by atoms with van der Waals surface area (Å²) in [7, 11) is 2.14. The first-order valence-corrected chi connectivity index (χ1v) is 5.86. The molecule has 1 aliphatic rings. The van der Waals surface area contributed by atoms with Crippen LogP contribution in [0.25, 0.3) is 0 Å². The Bertz CT molecular complexity index is 397. The second-order valence-electron chi connectivity index (χ2n) is 4.55. The molecule has 0 aromatic heterocycles. The van der Waals surface area contributed by atoms with E-state index in [1.54, 1.807) is 12.1 Å². The van der Waals surface area contributed by atoms with Gasteiger partial charge in [-0.1, -0.05) is 6.07 Å². The Morgan fingerprint density at radius 3 is 2.76 bits per heavy atom. The molecule has 0 spiro atoms. The molecule has 1 amide bonds. The summed E-state index contributed by atoms with van der Waals surface area (Å²) in [6.45, 7) is 5.15. The van der Waals surface area contributed by atoms with E-state index in [4.69, 9.17) is 5.73 Å². The average molecular weight is 232 g/mol. The number of piperazine rings is 1. The van der Waals surface area contributed by atoms with Crippen LogP contribution in [-0.2, 0) is 6.54 Å². The molecule has 1 aromatic rings. The van der Waals surface area contributed by atoms with E-state index in [1.165, 1.54) is 0 Å². The second-order valence-corrected chi connectivity index (χ2v) is 4.55. The van der Waals surface area contributed by atoms with Crippen molar-refractivity contribution in [3.05, 3.63) is 35.4 Å². The van der Waals surface area contributed by atoms with E-state index in [0.29, 0.717) is 5.56 Å². The molecule has 1 radical (unpaired) electrons. The van der Waals surface area contributed by atoms with Gasteiger partial charge < -0.3 is 10.6 Å². The quantitative estimate of drug-likeness (QED) is 0.817. The lowest BCUT2D eigenvalue weighted by Gasteiger charge is -2.32. The molecule has 91 valence electrons. The van der Waals surface area contributed by atoms with E-state index in [-0.39, 0.29) is 5.91 Å². The minimum atomic E-state index is -0.376. The number of likely N-dealkylation sites (N-methyl/N-ethyl adjacent to an activating group) is 1. The van der Waals surface area contributed by atoms with Gasteiger partial charge in [0.2, 0.25) is 5.91 Å². The fraction of sp³-hybridized carbons (Fsp3) is 0.462. The number of nitrogens with zero attached hydrogens (tertiary/aromatic N) is 2. The van der Waals surface area contributed by atoms with Crippen molar-refractivity contribution in [2.45, 2.75) is 6.54 Å². The number of carbonyl (C=O) groups excluding carboxylic acids is 1. The van der Waals surface area contributed by atoms with Crippen LogP contribution in [0.3, 0.4) is 0 Å². The number of hydrogen-bond acceptors (Lipinski definition) is 3. The highest BCUT2D eigenvalue weighted by Crippen LogP contribution is 2.09. The maximum Gasteiger partial charge on any atom is 0.248 e. The molecule has 2 rings (SSSR count). The van der Waals surface area contributed by atoms with Crippen molar-refractivity contribution < 1.29 is 4.79 Å². The van der Waals surface area contributed by atoms with Crippen LogP contribution in [0.5, 0.6) is 0 Å². The molecule has 0 unspecified atom stereocenters. The fourth-order valence-corrected chi connectivity index (χ4v) is 2.01. The molecule has 1 aliphatic heterocycles. The number of primary amides is 1. The summed E-state index contributed by atoms with van der Waals surface area (Å²) in [4.78, 5) is 15.8. The third-order valence-corrected chi connectivity index (χ3v) is 3.14. The van der Waals surface area contributed by atoms with Crippen molar-refractivity contribution >= 4 is 5.91 Å². The zero-order valence-electron chi connectivity index (χ0n) is 10.1. The van der Waals surface area contributed by atoms with E-state index in [9.17, 15) is 4.79 Å². The monoisotopic (exact) mass is 232 g/mol. The number of carbonyl (C=O) groups is 1. The normalized spacial score (nSPS) is 18.2. The molecule has 0 aliphatic carbocycles. The first-order chi connectivity index (χ1) is 8.15. The van der Waals surface area contributed by atoms with Gasteiger partial charge in [-0.25, -0.2) is 0 Å². The molecular weight excluding hydrogens is 214 g/mol. The van der Waals surface area contributed by atoms with Crippen molar-refractivity contribution in [3.8, 4) is 0 Å². The average Bonchev–Trinajstić information content (AvgIpc) is 2.32. The first kappa shape index (κ1) is 12.1. The molecule has 1 heterocycles. The van der Waals surface area contributed by atoms with Crippen LogP contribution in [0, 0.1) is 6.07 Å². The van der Waals surface area contributed by atoms with Crippen LogP contribution in [0.15, 0.2) is 18.2 Å². The Hall–Kier alpha value is -1.39. The predicted octanol–water partition coefficient (Wildman–Crippen LogP) is 0.333.